The Morgan fingerprint density at radius 3 is 1.31 bits per heavy atom. The lowest BCUT2D eigenvalue weighted by Gasteiger charge is -2.26. The third-order valence-electron chi connectivity index (χ3n) is 7.81. The van der Waals surface area contributed by atoms with Gasteiger partial charge in [0.25, 0.3) is 0 Å². The fraction of sp³-hybridized carbons (Fsp3) is 0.0714. The largest absolute Gasteiger partial charge is 0.465 e. The SMILES string of the molecule is C=CC(=O)Oc1ccc(N(c2ccc(OC(O)CC)cc2)c2ccc(-c3ccc(N(c4ccccc4)c4ccccc4)cc3)cc2)cc1. The van der Waals surface area contributed by atoms with Crippen molar-refractivity contribution in [2.75, 3.05) is 9.80 Å². The molecule has 0 aliphatic heterocycles. The second kappa shape index (κ2) is 15.0. The molecule has 1 N–H and O–H groups in total. The minimum atomic E-state index is -0.862. The number of rotatable bonds is 12. The van der Waals surface area contributed by atoms with Crippen molar-refractivity contribution in [3.8, 4) is 22.6 Å². The zero-order valence-electron chi connectivity index (χ0n) is 26.6. The van der Waals surface area contributed by atoms with Gasteiger partial charge in [0.2, 0.25) is 0 Å². The normalized spacial score (nSPS) is 11.3. The molecule has 0 aliphatic carbocycles. The van der Waals surface area contributed by atoms with Crippen molar-refractivity contribution in [2.45, 2.75) is 19.6 Å². The van der Waals surface area contributed by atoms with E-state index in [2.05, 4.69) is 113 Å². The Bertz CT molecular complexity index is 1890. The molecule has 0 spiro atoms. The lowest BCUT2D eigenvalue weighted by Crippen LogP contribution is -2.14. The first-order chi connectivity index (χ1) is 23.5. The van der Waals surface area contributed by atoms with Gasteiger partial charge in [0.05, 0.1) is 0 Å². The molecule has 1 atom stereocenters. The average Bonchev–Trinajstić information content (AvgIpc) is 3.14. The van der Waals surface area contributed by atoms with Crippen molar-refractivity contribution in [2.24, 2.45) is 0 Å². The van der Waals surface area contributed by atoms with Crippen LogP contribution in [0.1, 0.15) is 13.3 Å². The van der Waals surface area contributed by atoms with Crippen LogP contribution in [0.2, 0.25) is 0 Å². The van der Waals surface area contributed by atoms with Crippen molar-refractivity contribution in [1.82, 2.24) is 0 Å². The Labute approximate surface area is 281 Å². The molecule has 0 saturated heterocycles. The number of aliphatic hydroxyl groups excluding tert-OH is 1. The van der Waals surface area contributed by atoms with Crippen molar-refractivity contribution < 1.29 is 19.4 Å². The van der Waals surface area contributed by atoms with Gasteiger partial charge >= 0.3 is 5.97 Å². The average molecular weight is 633 g/mol. The molecule has 0 aromatic heterocycles. The molecular formula is C42H36N2O4. The van der Waals surface area contributed by atoms with Gasteiger partial charge in [-0.15, -0.1) is 0 Å². The van der Waals surface area contributed by atoms with E-state index in [1.165, 1.54) is 0 Å². The number of hydrogen-bond donors (Lipinski definition) is 1. The van der Waals surface area contributed by atoms with Crippen molar-refractivity contribution >= 4 is 40.1 Å². The molecular weight excluding hydrogens is 596 g/mol. The molecule has 0 bridgehead atoms. The third-order valence-corrected chi connectivity index (χ3v) is 7.81. The van der Waals surface area contributed by atoms with Gasteiger partial charge in [0, 0.05) is 46.6 Å². The summed E-state index contributed by atoms with van der Waals surface area (Å²) in [7, 11) is 0. The van der Waals surface area contributed by atoms with E-state index in [1.54, 1.807) is 12.1 Å². The molecule has 6 rings (SSSR count). The zero-order valence-corrected chi connectivity index (χ0v) is 26.6. The fourth-order valence-electron chi connectivity index (χ4n) is 5.39. The predicted molar refractivity (Wildman–Crippen MR) is 194 cm³/mol. The first-order valence-corrected chi connectivity index (χ1v) is 15.8. The van der Waals surface area contributed by atoms with Crippen LogP contribution < -0.4 is 19.3 Å². The molecule has 48 heavy (non-hydrogen) atoms. The summed E-state index contributed by atoms with van der Waals surface area (Å²) in [6.45, 7) is 5.33. The Hall–Kier alpha value is -6.11. The van der Waals surface area contributed by atoms with Crippen LogP contribution >= 0.6 is 0 Å². The van der Waals surface area contributed by atoms with Crippen LogP contribution in [0.15, 0.2) is 170 Å². The topological polar surface area (TPSA) is 62.2 Å². The second-order valence-corrected chi connectivity index (χ2v) is 11.0. The molecule has 1 unspecified atom stereocenters. The highest BCUT2D eigenvalue weighted by molar-refractivity contribution is 5.84. The summed E-state index contributed by atoms with van der Waals surface area (Å²) in [5.74, 6) is 0.496. The third kappa shape index (κ3) is 7.47. The highest BCUT2D eigenvalue weighted by Gasteiger charge is 2.15. The zero-order chi connectivity index (χ0) is 33.3. The van der Waals surface area contributed by atoms with Gasteiger partial charge < -0.3 is 24.4 Å². The van der Waals surface area contributed by atoms with E-state index in [0.717, 1.165) is 51.3 Å². The van der Waals surface area contributed by atoms with E-state index in [9.17, 15) is 9.90 Å². The van der Waals surface area contributed by atoms with Gasteiger partial charge in [-0.1, -0.05) is 74.2 Å². The number of ether oxygens (including phenoxy) is 2. The minimum Gasteiger partial charge on any atom is -0.465 e. The number of carbonyl (C=O) groups excluding carboxylic acids is 1. The summed E-state index contributed by atoms with van der Waals surface area (Å²) in [4.78, 5) is 16.1. The maximum atomic E-state index is 11.7. The predicted octanol–water partition coefficient (Wildman–Crippen LogP) is 10.5. The lowest BCUT2D eigenvalue weighted by atomic mass is 10.0. The lowest BCUT2D eigenvalue weighted by molar-refractivity contribution is -0.128. The number of para-hydroxylation sites is 2. The van der Waals surface area contributed by atoms with Crippen LogP contribution in [0.4, 0.5) is 34.1 Å². The maximum Gasteiger partial charge on any atom is 0.335 e. The summed E-state index contributed by atoms with van der Waals surface area (Å²) in [5, 5.41) is 9.94. The highest BCUT2D eigenvalue weighted by atomic mass is 16.6. The smallest absolute Gasteiger partial charge is 0.335 e. The van der Waals surface area contributed by atoms with Gasteiger partial charge in [0.15, 0.2) is 6.29 Å². The summed E-state index contributed by atoms with van der Waals surface area (Å²) in [5.41, 5.74) is 8.14. The van der Waals surface area contributed by atoms with Gasteiger partial charge in [-0.05, 0) is 108 Å². The Morgan fingerprint density at radius 1 is 0.583 bits per heavy atom. The number of aliphatic hydroxyl groups is 1. The molecule has 0 aliphatic rings. The van der Waals surface area contributed by atoms with Crippen LogP contribution in [-0.2, 0) is 4.79 Å². The van der Waals surface area contributed by atoms with Crippen molar-refractivity contribution in [3.05, 3.63) is 170 Å². The number of hydrogen-bond acceptors (Lipinski definition) is 6. The molecule has 238 valence electrons. The standard InChI is InChI=1S/C42H36N2O4/c1-3-41(45)47-39-27-23-37(24-28-39)44(38-25-29-40(30-26-38)48-42(46)4-2)36-21-17-32(18-22-36)31-15-19-35(20-16-31)43(33-11-7-5-8-12-33)34-13-9-6-10-14-34/h3,5-30,42,46H,1,4H2,2H3. The van der Waals surface area contributed by atoms with E-state index >= 15 is 0 Å². The highest BCUT2D eigenvalue weighted by Crippen LogP contribution is 2.38. The quantitative estimate of drug-likeness (QED) is 0.0627. The number of benzene rings is 6. The first kappa shape index (κ1) is 31.9. The van der Waals surface area contributed by atoms with E-state index in [4.69, 9.17) is 9.47 Å². The van der Waals surface area contributed by atoms with Gasteiger partial charge in [0.1, 0.15) is 11.5 Å². The van der Waals surface area contributed by atoms with E-state index < -0.39 is 12.3 Å². The molecule has 6 nitrogen and oxygen atoms in total. The van der Waals surface area contributed by atoms with Crippen LogP contribution in [0.3, 0.4) is 0 Å². The molecule has 0 radical (unpaired) electrons. The Balaban J connectivity index is 1.29. The summed E-state index contributed by atoms with van der Waals surface area (Å²) >= 11 is 0. The fourth-order valence-corrected chi connectivity index (χ4v) is 5.39. The van der Waals surface area contributed by atoms with Gasteiger partial charge in [-0.3, -0.25) is 0 Å². The second-order valence-electron chi connectivity index (χ2n) is 11.0. The monoisotopic (exact) mass is 632 g/mol. The summed E-state index contributed by atoms with van der Waals surface area (Å²) in [6.07, 6.45) is 0.764. The molecule has 6 heteroatoms. The number of nitrogens with zero attached hydrogens (tertiary/aromatic N) is 2. The van der Waals surface area contributed by atoms with Gasteiger partial charge in [-0.2, -0.15) is 0 Å². The summed E-state index contributed by atoms with van der Waals surface area (Å²) in [6, 6.07) is 52.6. The first-order valence-electron chi connectivity index (χ1n) is 15.8. The van der Waals surface area contributed by atoms with E-state index in [-0.39, 0.29) is 0 Å². The van der Waals surface area contributed by atoms with Crippen molar-refractivity contribution in [1.29, 1.82) is 0 Å². The molecule has 0 amide bonds. The molecule has 0 saturated carbocycles. The number of anilines is 6. The summed E-state index contributed by atoms with van der Waals surface area (Å²) < 4.78 is 10.9. The van der Waals surface area contributed by atoms with Gasteiger partial charge in [-0.25, -0.2) is 4.79 Å². The van der Waals surface area contributed by atoms with Crippen LogP contribution in [-0.4, -0.2) is 17.4 Å². The maximum absolute atomic E-state index is 11.7. The van der Waals surface area contributed by atoms with E-state index in [1.807, 2.05) is 55.5 Å². The molecule has 0 fully saturated rings. The Morgan fingerprint density at radius 2 is 0.938 bits per heavy atom. The van der Waals surface area contributed by atoms with Crippen molar-refractivity contribution in [3.63, 3.8) is 0 Å². The number of carbonyl (C=O) groups is 1. The molecule has 6 aromatic rings. The number of esters is 1. The molecule has 0 heterocycles. The van der Waals surface area contributed by atoms with E-state index in [0.29, 0.717) is 17.9 Å². The van der Waals surface area contributed by atoms with Crippen LogP contribution in [0, 0.1) is 0 Å². The minimum absolute atomic E-state index is 0.429. The Kier molecular flexibility index (Phi) is 9.95. The van der Waals surface area contributed by atoms with Crippen LogP contribution in [0.25, 0.3) is 11.1 Å². The molecule has 6 aromatic carbocycles. The van der Waals surface area contributed by atoms with Crippen LogP contribution in [0.5, 0.6) is 11.5 Å².